The van der Waals surface area contributed by atoms with Crippen molar-refractivity contribution >= 4 is 11.5 Å². The number of aryl methyl sites for hydroxylation is 1. The Kier molecular flexibility index (Phi) is 5.13. The zero-order valence-corrected chi connectivity index (χ0v) is 12.3. The molecule has 0 saturated carbocycles. The molecule has 0 aliphatic rings. The van der Waals surface area contributed by atoms with Gasteiger partial charge in [0.15, 0.2) is 0 Å². The Balaban J connectivity index is 2.40. The van der Waals surface area contributed by atoms with Gasteiger partial charge in [-0.2, -0.15) is 0 Å². The van der Waals surface area contributed by atoms with Gasteiger partial charge in [-0.15, -0.1) is 0 Å². The Bertz CT molecular complexity index is 537. The highest BCUT2D eigenvalue weighted by Crippen LogP contribution is 2.24. The number of hydrogen-bond acceptors (Lipinski definition) is 3. The fourth-order valence-electron chi connectivity index (χ4n) is 2.36. The summed E-state index contributed by atoms with van der Waals surface area (Å²) in [6.07, 6.45) is 2.09. The fraction of sp³-hybridized carbons (Fsp3) is 0.353. The van der Waals surface area contributed by atoms with Crippen LogP contribution in [0.3, 0.4) is 0 Å². The molecule has 0 fully saturated rings. The average Bonchev–Trinajstić information content (AvgIpc) is 2.49. The molecule has 2 aromatic rings. The summed E-state index contributed by atoms with van der Waals surface area (Å²) in [5, 5.41) is 0. The topological polar surface area (TPSA) is 42.1 Å². The van der Waals surface area contributed by atoms with Gasteiger partial charge in [0.2, 0.25) is 0 Å². The van der Waals surface area contributed by atoms with Crippen LogP contribution in [0.4, 0.5) is 11.5 Å². The minimum absolute atomic E-state index is 0.554. The highest BCUT2D eigenvalue weighted by atomic mass is 15.2. The Morgan fingerprint density at radius 1 is 1.10 bits per heavy atom. The van der Waals surface area contributed by atoms with Crippen LogP contribution in [0.25, 0.3) is 0 Å². The van der Waals surface area contributed by atoms with Gasteiger partial charge in [0.25, 0.3) is 0 Å². The predicted octanol–water partition coefficient (Wildman–Crippen LogP) is 3.65. The highest BCUT2D eigenvalue weighted by molar-refractivity contribution is 5.60. The van der Waals surface area contributed by atoms with E-state index in [0.29, 0.717) is 6.54 Å². The summed E-state index contributed by atoms with van der Waals surface area (Å²) in [7, 11) is 0. The molecular weight excluding hydrogens is 246 g/mol. The molecule has 0 radical (unpaired) electrons. The van der Waals surface area contributed by atoms with Crippen LogP contribution >= 0.6 is 0 Å². The second-order valence-corrected chi connectivity index (χ2v) is 4.86. The Hall–Kier alpha value is -1.87. The monoisotopic (exact) mass is 269 g/mol. The van der Waals surface area contributed by atoms with Crippen molar-refractivity contribution in [1.29, 1.82) is 0 Å². The predicted molar refractivity (Wildman–Crippen MR) is 85.2 cm³/mol. The molecule has 3 nitrogen and oxygen atoms in total. The van der Waals surface area contributed by atoms with Gasteiger partial charge in [-0.3, -0.25) is 0 Å². The van der Waals surface area contributed by atoms with Gasteiger partial charge < -0.3 is 10.6 Å². The summed E-state index contributed by atoms with van der Waals surface area (Å²) < 4.78 is 0. The van der Waals surface area contributed by atoms with E-state index in [1.54, 1.807) is 0 Å². The van der Waals surface area contributed by atoms with Crippen molar-refractivity contribution in [2.24, 2.45) is 5.73 Å². The molecule has 0 unspecified atom stereocenters. The van der Waals surface area contributed by atoms with Gasteiger partial charge in [0.1, 0.15) is 5.82 Å². The third-order valence-electron chi connectivity index (χ3n) is 3.33. The van der Waals surface area contributed by atoms with Crippen molar-refractivity contribution in [2.45, 2.75) is 33.2 Å². The molecule has 0 aliphatic heterocycles. The maximum atomic E-state index is 5.82. The molecule has 2 N–H and O–H groups in total. The van der Waals surface area contributed by atoms with Crippen LogP contribution in [0.1, 0.15) is 31.5 Å². The standard InChI is InChI=1S/C17H23N3/c1-3-8-15-11-14(13-18)12-17(19-15)20(4-2)16-9-6-5-7-10-16/h5-7,9-12H,3-4,8,13,18H2,1-2H3. The summed E-state index contributed by atoms with van der Waals surface area (Å²) in [6, 6.07) is 14.6. The summed E-state index contributed by atoms with van der Waals surface area (Å²) in [5.41, 5.74) is 9.25. The van der Waals surface area contributed by atoms with Gasteiger partial charge >= 0.3 is 0 Å². The molecule has 0 spiro atoms. The Morgan fingerprint density at radius 3 is 2.45 bits per heavy atom. The normalized spacial score (nSPS) is 10.6. The lowest BCUT2D eigenvalue weighted by atomic mass is 10.1. The van der Waals surface area contributed by atoms with Crippen LogP contribution in [0, 0.1) is 0 Å². The van der Waals surface area contributed by atoms with E-state index in [0.717, 1.165) is 36.5 Å². The lowest BCUT2D eigenvalue weighted by Gasteiger charge is -2.23. The number of pyridine rings is 1. The number of aromatic nitrogens is 1. The molecule has 0 bridgehead atoms. The van der Waals surface area contributed by atoms with Gasteiger partial charge in [-0.25, -0.2) is 4.98 Å². The van der Waals surface area contributed by atoms with Crippen molar-refractivity contribution in [3.63, 3.8) is 0 Å². The van der Waals surface area contributed by atoms with E-state index in [-0.39, 0.29) is 0 Å². The van der Waals surface area contributed by atoms with E-state index in [1.807, 2.05) is 6.07 Å². The molecule has 3 heteroatoms. The minimum atomic E-state index is 0.554. The van der Waals surface area contributed by atoms with E-state index in [2.05, 4.69) is 55.1 Å². The first-order valence-corrected chi connectivity index (χ1v) is 7.31. The quantitative estimate of drug-likeness (QED) is 0.870. The molecule has 0 atom stereocenters. The zero-order chi connectivity index (χ0) is 14.4. The lowest BCUT2D eigenvalue weighted by Crippen LogP contribution is -2.18. The lowest BCUT2D eigenvalue weighted by molar-refractivity contribution is 0.863. The van der Waals surface area contributed by atoms with Gasteiger partial charge in [0, 0.05) is 24.5 Å². The van der Waals surface area contributed by atoms with Crippen LogP contribution in [-0.4, -0.2) is 11.5 Å². The van der Waals surface area contributed by atoms with E-state index in [4.69, 9.17) is 10.7 Å². The number of para-hydroxylation sites is 1. The van der Waals surface area contributed by atoms with Crippen molar-refractivity contribution in [3.05, 3.63) is 53.7 Å². The molecule has 0 saturated heterocycles. The average molecular weight is 269 g/mol. The summed E-state index contributed by atoms with van der Waals surface area (Å²) in [4.78, 5) is 7.01. The SMILES string of the molecule is CCCc1cc(CN)cc(N(CC)c2ccccc2)n1. The molecule has 1 aromatic heterocycles. The van der Waals surface area contributed by atoms with Crippen LogP contribution in [0.5, 0.6) is 0 Å². The largest absolute Gasteiger partial charge is 0.327 e. The molecule has 0 aliphatic carbocycles. The summed E-state index contributed by atoms with van der Waals surface area (Å²) >= 11 is 0. The number of anilines is 2. The molecule has 106 valence electrons. The zero-order valence-electron chi connectivity index (χ0n) is 12.3. The van der Waals surface area contributed by atoms with Crippen LogP contribution in [-0.2, 0) is 13.0 Å². The first-order chi connectivity index (χ1) is 9.78. The van der Waals surface area contributed by atoms with Crippen LogP contribution in [0.2, 0.25) is 0 Å². The smallest absolute Gasteiger partial charge is 0.133 e. The van der Waals surface area contributed by atoms with Gasteiger partial charge in [-0.1, -0.05) is 31.5 Å². The van der Waals surface area contributed by atoms with Gasteiger partial charge in [-0.05, 0) is 43.2 Å². The maximum absolute atomic E-state index is 5.82. The second kappa shape index (κ2) is 7.06. The number of nitrogens with zero attached hydrogens (tertiary/aromatic N) is 2. The van der Waals surface area contributed by atoms with Crippen LogP contribution < -0.4 is 10.6 Å². The Labute approximate surface area is 121 Å². The summed E-state index contributed by atoms with van der Waals surface area (Å²) in [5.74, 6) is 0.991. The second-order valence-electron chi connectivity index (χ2n) is 4.86. The number of benzene rings is 1. The van der Waals surface area contributed by atoms with E-state index >= 15 is 0 Å². The molecule has 0 amide bonds. The van der Waals surface area contributed by atoms with Gasteiger partial charge in [0.05, 0.1) is 0 Å². The minimum Gasteiger partial charge on any atom is -0.327 e. The molecule has 2 rings (SSSR count). The first-order valence-electron chi connectivity index (χ1n) is 7.31. The fourth-order valence-corrected chi connectivity index (χ4v) is 2.36. The first kappa shape index (κ1) is 14.5. The maximum Gasteiger partial charge on any atom is 0.133 e. The number of nitrogens with two attached hydrogens (primary N) is 1. The van der Waals surface area contributed by atoms with Crippen molar-refractivity contribution in [1.82, 2.24) is 4.98 Å². The van der Waals surface area contributed by atoms with Crippen molar-refractivity contribution in [3.8, 4) is 0 Å². The van der Waals surface area contributed by atoms with Crippen LogP contribution in [0.15, 0.2) is 42.5 Å². The summed E-state index contributed by atoms with van der Waals surface area (Å²) in [6.45, 7) is 5.75. The van der Waals surface area contributed by atoms with E-state index < -0.39 is 0 Å². The van der Waals surface area contributed by atoms with E-state index in [1.165, 1.54) is 5.69 Å². The molecule has 20 heavy (non-hydrogen) atoms. The third-order valence-corrected chi connectivity index (χ3v) is 3.33. The van der Waals surface area contributed by atoms with Crippen molar-refractivity contribution < 1.29 is 0 Å². The van der Waals surface area contributed by atoms with Crippen molar-refractivity contribution in [2.75, 3.05) is 11.4 Å². The Morgan fingerprint density at radius 2 is 1.85 bits per heavy atom. The third kappa shape index (κ3) is 3.36. The molecular formula is C17H23N3. The molecule has 1 aromatic carbocycles. The van der Waals surface area contributed by atoms with E-state index in [9.17, 15) is 0 Å². The molecule has 1 heterocycles. The highest BCUT2D eigenvalue weighted by Gasteiger charge is 2.10. The number of hydrogen-bond donors (Lipinski definition) is 1. The number of rotatable bonds is 6.